The van der Waals surface area contributed by atoms with Gasteiger partial charge in [-0.3, -0.25) is 0 Å². The fraction of sp³-hybridized carbons (Fsp3) is 0.375. The minimum absolute atomic E-state index is 0.127. The maximum absolute atomic E-state index is 5.21. The van der Waals surface area contributed by atoms with Gasteiger partial charge in [-0.15, -0.1) is 16.8 Å². The van der Waals surface area contributed by atoms with Crippen LogP contribution >= 0.6 is 11.3 Å². The minimum Gasteiger partial charge on any atom is -0.385 e. The largest absolute Gasteiger partial charge is 0.385 e. The highest BCUT2D eigenvalue weighted by Crippen LogP contribution is 2.14. The van der Waals surface area contributed by atoms with Gasteiger partial charge in [0.25, 0.3) is 5.90 Å². The third-order valence-electron chi connectivity index (χ3n) is 1.68. The Hall–Kier alpha value is -0.870. The molecule has 3 nitrogen and oxygen atoms in total. The van der Waals surface area contributed by atoms with Crippen molar-refractivity contribution in [3.8, 4) is 0 Å². The zero-order chi connectivity index (χ0) is 8.39. The number of hydrogen-bond acceptors (Lipinski definition) is 4. The Morgan fingerprint density at radius 1 is 1.75 bits per heavy atom. The molecule has 2 rings (SSSR count). The molecule has 0 radical (unpaired) electrons. The van der Waals surface area contributed by atoms with Gasteiger partial charge in [-0.25, -0.2) is 4.99 Å². The van der Waals surface area contributed by atoms with E-state index in [9.17, 15) is 0 Å². The molecule has 1 aromatic heterocycles. The van der Waals surface area contributed by atoms with E-state index in [1.165, 1.54) is 0 Å². The van der Waals surface area contributed by atoms with Gasteiger partial charge in [0.05, 0.1) is 4.88 Å². The van der Waals surface area contributed by atoms with Crippen molar-refractivity contribution in [1.29, 1.82) is 0 Å². The molecule has 0 aromatic carbocycles. The fourth-order valence-corrected chi connectivity index (χ4v) is 1.66. The van der Waals surface area contributed by atoms with Gasteiger partial charge in [-0.2, -0.15) is 0 Å². The van der Waals surface area contributed by atoms with Gasteiger partial charge in [0.15, 0.2) is 0 Å². The fourth-order valence-electron chi connectivity index (χ4n) is 1.01. The summed E-state index contributed by atoms with van der Waals surface area (Å²) in [5.74, 6) is 0.719. The van der Waals surface area contributed by atoms with Crippen molar-refractivity contribution in [3.05, 3.63) is 22.4 Å². The Morgan fingerprint density at radius 3 is 3.25 bits per heavy atom. The maximum atomic E-state index is 5.21. The molecule has 1 N–H and O–H groups in total. The first-order valence-electron chi connectivity index (χ1n) is 3.94. The first kappa shape index (κ1) is 7.76. The SMILES string of the molecule is CCC1N=C(c2cccs2)ON1. The lowest BCUT2D eigenvalue weighted by Gasteiger charge is -1.98. The van der Waals surface area contributed by atoms with Crippen LogP contribution in [0.5, 0.6) is 0 Å². The van der Waals surface area contributed by atoms with Crippen LogP contribution in [0.3, 0.4) is 0 Å². The van der Waals surface area contributed by atoms with Crippen LogP contribution in [-0.4, -0.2) is 12.1 Å². The number of nitrogens with one attached hydrogen (secondary N) is 1. The van der Waals surface area contributed by atoms with Gasteiger partial charge in [0, 0.05) is 0 Å². The molecule has 1 atom stereocenters. The molecular formula is C8H10N2OS. The predicted octanol–water partition coefficient (Wildman–Crippen LogP) is 1.77. The first-order chi connectivity index (χ1) is 5.90. The molecule has 0 amide bonds. The average molecular weight is 182 g/mol. The third kappa shape index (κ3) is 1.35. The summed E-state index contributed by atoms with van der Waals surface area (Å²) in [6.07, 6.45) is 1.08. The highest BCUT2D eigenvalue weighted by Gasteiger charge is 2.18. The molecular weight excluding hydrogens is 172 g/mol. The molecule has 4 heteroatoms. The van der Waals surface area contributed by atoms with Crippen LogP contribution in [0.1, 0.15) is 18.2 Å². The second-order valence-corrected chi connectivity index (χ2v) is 3.50. The summed E-state index contributed by atoms with van der Waals surface area (Å²) < 4.78 is 0. The van der Waals surface area contributed by atoms with Crippen LogP contribution in [0.4, 0.5) is 0 Å². The van der Waals surface area contributed by atoms with Crippen molar-refractivity contribution >= 4 is 17.2 Å². The van der Waals surface area contributed by atoms with Crippen molar-refractivity contribution in [2.24, 2.45) is 4.99 Å². The number of hydroxylamine groups is 1. The van der Waals surface area contributed by atoms with Gasteiger partial charge in [-0.05, 0) is 17.9 Å². The monoisotopic (exact) mass is 182 g/mol. The van der Waals surface area contributed by atoms with Crippen LogP contribution in [0.15, 0.2) is 22.5 Å². The smallest absolute Gasteiger partial charge is 0.252 e. The molecule has 1 aliphatic heterocycles. The number of aliphatic imine (C=N–C) groups is 1. The molecule has 0 aliphatic carbocycles. The molecule has 1 aromatic rings. The highest BCUT2D eigenvalue weighted by atomic mass is 32.1. The number of thiophene rings is 1. The van der Waals surface area contributed by atoms with Crippen LogP contribution in [0, 0.1) is 0 Å². The lowest BCUT2D eigenvalue weighted by molar-refractivity contribution is 0.178. The molecule has 0 spiro atoms. The van der Waals surface area contributed by atoms with E-state index in [4.69, 9.17) is 4.84 Å². The van der Waals surface area contributed by atoms with E-state index in [0.717, 1.165) is 17.2 Å². The lowest BCUT2D eigenvalue weighted by atomic mass is 10.4. The Bertz CT molecular complexity index is 281. The van der Waals surface area contributed by atoms with Crippen molar-refractivity contribution in [3.63, 3.8) is 0 Å². The zero-order valence-electron chi connectivity index (χ0n) is 6.78. The van der Waals surface area contributed by atoms with Crippen LogP contribution < -0.4 is 5.48 Å². The molecule has 0 saturated heterocycles. The Balaban J connectivity index is 2.16. The second-order valence-electron chi connectivity index (χ2n) is 2.56. The molecule has 12 heavy (non-hydrogen) atoms. The summed E-state index contributed by atoms with van der Waals surface area (Å²) in [6.45, 7) is 2.07. The van der Waals surface area contributed by atoms with E-state index in [2.05, 4.69) is 17.4 Å². The topological polar surface area (TPSA) is 33.6 Å². The second kappa shape index (κ2) is 3.25. The average Bonchev–Trinajstić information content (AvgIpc) is 2.75. The summed E-state index contributed by atoms with van der Waals surface area (Å²) >= 11 is 1.64. The van der Waals surface area contributed by atoms with Crippen LogP contribution in [0.2, 0.25) is 0 Å². The minimum atomic E-state index is 0.127. The zero-order valence-corrected chi connectivity index (χ0v) is 7.60. The Kier molecular flexibility index (Phi) is 2.10. The van der Waals surface area contributed by atoms with Gasteiger partial charge < -0.3 is 4.84 Å². The Labute approximate surface area is 75.0 Å². The summed E-state index contributed by atoms with van der Waals surface area (Å²) in [6, 6.07) is 3.99. The number of hydrogen-bond donors (Lipinski definition) is 1. The van der Waals surface area contributed by atoms with Gasteiger partial charge >= 0.3 is 0 Å². The standard InChI is InChI=1S/C8H10N2OS/c1-2-7-9-8(11-10-7)6-4-3-5-12-6/h3-5,7,10H,2H2,1H3. The van der Waals surface area contributed by atoms with Gasteiger partial charge in [0.2, 0.25) is 0 Å². The summed E-state index contributed by atoms with van der Waals surface area (Å²) in [5.41, 5.74) is 2.85. The van der Waals surface area contributed by atoms with Crippen molar-refractivity contribution in [1.82, 2.24) is 5.48 Å². The third-order valence-corrected chi connectivity index (χ3v) is 2.54. The quantitative estimate of drug-likeness (QED) is 0.756. The predicted molar refractivity (Wildman–Crippen MR) is 49.2 cm³/mol. The molecule has 2 heterocycles. The van der Waals surface area contributed by atoms with E-state index in [0.29, 0.717) is 0 Å². The van der Waals surface area contributed by atoms with E-state index >= 15 is 0 Å². The van der Waals surface area contributed by atoms with E-state index in [1.807, 2.05) is 17.5 Å². The lowest BCUT2D eigenvalue weighted by Crippen LogP contribution is -2.19. The van der Waals surface area contributed by atoms with E-state index in [-0.39, 0.29) is 6.17 Å². The van der Waals surface area contributed by atoms with Crippen LogP contribution in [0.25, 0.3) is 0 Å². The molecule has 64 valence electrons. The van der Waals surface area contributed by atoms with Crippen LogP contribution in [-0.2, 0) is 4.84 Å². The van der Waals surface area contributed by atoms with Crippen molar-refractivity contribution in [2.75, 3.05) is 0 Å². The summed E-state index contributed by atoms with van der Waals surface area (Å²) in [5, 5.41) is 2.01. The van der Waals surface area contributed by atoms with Crippen molar-refractivity contribution in [2.45, 2.75) is 19.5 Å². The Morgan fingerprint density at radius 2 is 2.67 bits per heavy atom. The summed E-state index contributed by atoms with van der Waals surface area (Å²) in [4.78, 5) is 10.6. The van der Waals surface area contributed by atoms with Crippen molar-refractivity contribution < 1.29 is 4.84 Å². The van der Waals surface area contributed by atoms with E-state index < -0.39 is 0 Å². The normalized spacial score (nSPS) is 22.1. The molecule has 0 saturated carbocycles. The molecule has 0 bridgehead atoms. The van der Waals surface area contributed by atoms with E-state index in [1.54, 1.807) is 11.3 Å². The summed E-state index contributed by atoms with van der Waals surface area (Å²) in [7, 11) is 0. The molecule has 1 aliphatic rings. The maximum Gasteiger partial charge on any atom is 0.252 e. The number of rotatable bonds is 2. The highest BCUT2D eigenvalue weighted by molar-refractivity contribution is 7.12. The molecule has 1 unspecified atom stereocenters. The number of nitrogens with zero attached hydrogens (tertiary/aromatic N) is 1. The van der Waals surface area contributed by atoms with Gasteiger partial charge in [-0.1, -0.05) is 13.0 Å². The molecule has 0 fully saturated rings. The first-order valence-corrected chi connectivity index (χ1v) is 4.82. The van der Waals surface area contributed by atoms with Gasteiger partial charge in [0.1, 0.15) is 6.17 Å².